The van der Waals surface area contributed by atoms with Crippen LogP contribution in [0.1, 0.15) is 29.2 Å². The van der Waals surface area contributed by atoms with Crippen LogP contribution < -0.4 is 0 Å². The summed E-state index contributed by atoms with van der Waals surface area (Å²) >= 11 is 3.23. The predicted octanol–water partition coefficient (Wildman–Crippen LogP) is 1.72. The van der Waals surface area contributed by atoms with Crippen molar-refractivity contribution in [2.45, 2.75) is 24.3 Å². The van der Waals surface area contributed by atoms with Crippen LogP contribution in [0.3, 0.4) is 0 Å². The van der Waals surface area contributed by atoms with Crippen LogP contribution in [-0.4, -0.2) is 27.3 Å². The van der Waals surface area contributed by atoms with Crippen molar-refractivity contribution in [1.82, 2.24) is 0 Å². The van der Waals surface area contributed by atoms with Crippen LogP contribution in [0.2, 0.25) is 0 Å². The third-order valence-electron chi connectivity index (χ3n) is 2.58. The maximum atomic E-state index is 10.8. The lowest BCUT2D eigenvalue weighted by Crippen LogP contribution is -2.13. The molecule has 0 radical (unpaired) electrons. The average molecular weight is 317 g/mol. The van der Waals surface area contributed by atoms with Crippen LogP contribution in [0, 0.1) is 0 Å². The van der Waals surface area contributed by atoms with Crippen molar-refractivity contribution >= 4 is 27.9 Å². The number of carboxylic acids is 2. The van der Waals surface area contributed by atoms with Gasteiger partial charge in [-0.05, 0) is 23.1 Å². The van der Waals surface area contributed by atoms with Crippen molar-refractivity contribution in [2.75, 3.05) is 0 Å². The summed E-state index contributed by atoms with van der Waals surface area (Å²) in [5, 5.41) is 27.4. The number of carbonyl (C=O) groups is 2. The summed E-state index contributed by atoms with van der Waals surface area (Å²) in [6.07, 6.45) is -1.33. The number of rotatable bonds is 6. The summed E-state index contributed by atoms with van der Waals surface area (Å²) in [4.78, 5) is 21.3. The minimum atomic E-state index is -1.60. The molecule has 0 aromatic heterocycles. The summed E-state index contributed by atoms with van der Waals surface area (Å²) in [6.45, 7) is 0. The van der Waals surface area contributed by atoms with Gasteiger partial charge in [0.25, 0.3) is 0 Å². The van der Waals surface area contributed by atoms with Crippen molar-refractivity contribution in [3.8, 4) is 0 Å². The van der Waals surface area contributed by atoms with Crippen molar-refractivity contribution in [3.63, 3.8) is 0 Å². The number of halogens is 1. The first-order chi connectivity index (χ1) is 8.47. The first kappa shape index (κ1) is 14.7. The first-order valence-electron chi connectivity index (χ1n) is 5.26. The van der Waals surface area contributed by atoms with E-state index in [1.165, 1.54) is 6.07 Å². The number of hydrogen-bond donors (Lipinski definition) is 3. The fourth-order valence-electron chi connectivity index (χ4n) is 1.68. The Morgan fingerprint density at radius 1 is 1.28 bits per heavy atom. The SMILES string of the molecule is O=C(O)CCc1cccc(C(O)C(=O)O)c1CBr. The number of alkyl halides is 1. The molecule has 18 heavy (non-hydrogen) atoms. The van der Waals surface area contributed by atoms with Gasteiger partial charge in [0.05, 0.1) is 0 Å². The third kappa shape index (κ3) is 3.54. The quantitative estimate of drug-likeness (QED) is 0.694. The van der Waals surface area contributed by atoms with E-state index in [1.807, 2.05) is 0 Å². The van der Waals surface area contributed by atoms with Crippen molar-refractivity contribution in [1.29, 1.82) is 0 Å². The lowest BCUT2D eigenvalue weighted by atomic mass is 9.96. The van der Waals surface area contributed by atoms with E-state index in [9.17, 15) is 14.7 Å². The van der Waals surface area contributed by atoms with Crippen molar-refractivity contribution < 1.29 is 24.9 Å². The van der Waals surface area contributed by atoms with Gasteiger partial charge in [-0.1, -0.05) is 34.1 Å². The molecular weight excluding hydrogens is 304 g/mol. The van der Waals surface area contributed by atoms with Crippen LogP contribution >= 0.6 is 15.9 Å². The summed E-state index contributed by atoms with van der Waals surface area (Å²) in [6, 6.07) is 4.88. The topological polar surface area (TPSA) is 94.8 Å². The molecule has 3 N–H and O–H groups in total. The fourth-order valence-corrected chi connectivity index (χ4v) is 2.37. The number of aliphatic hydroxyl groups is 1. The Hall–Kier alpha value is -1.40. The smallest absolute Gasteiger partial charge is 0.337 e. The van der Waals surface area contributed by atoms with Crippen molar-refractivity contribution in [2.24, 2.45) is 0 Å². The van der Waals surface area contributed by atoms with Crippen LogP contribution in [0.5, 0.6) is 0 Å². The number of hydrogen-bond acceptors (Lipinski definition) is 3. The van der Waals surface area contributed by atoms with Gasteiger partial charge >= 0.3 is 11.9 Å². The number of benzene rings is 1. The Kier molecular flexibility index (Phi) is 5.30. The second kappa shape index (κ2) is 6.51. The standard InChI is InChI=1S/C12H13BrO5/c13-6-9-7(4-5-10(14)15)2-1-3-8(9)11(16)12(17)18/h1-3,11,16H,4-6H2,(H,14,15)(H,17,18). The van der Waals surface area contributed by atoms with E-state index in [-0.39, 0.29) is 6.42 Å². The van der Waals surface area contributed by atoms with E-state index >= 15 is 0 Å². The molecule has 0 saturated heterocycles. The number of carboxylic acid groups (broad SMARTS) is 2. The molecular formula is C12H13BrO5. The van der Waals surface area contributed by atoms with E-state index < -0.39 is 18.0 Å². The Labute approximate surface area is 112 Å². The Bertz CT molecular complexity index is 458. The predicted molar refractivity (Wildman–Crippen MR) is 67.6 cm³/mol. The highest BCUT2D eigenvalue weighted by atomic mass is 79.9. The second-order valence-corrected chi connectivity index (χ2v) is 4.31. The van der Waals surface area contributed by atoms with Crippen LogP contribution in [-0.2, 0) is 21.3 Å². The zero-order valence-electron chi connectivity index (χ0n) is 9.47. The molecule has 1 aromatic rings. The molecule has 0 spiro atoms. The zero-order valence-corrected chi connectivity index (χ0v) is 11.1. The molecule has 1 rings (SSSR count). The highest BCUT2D eigenvalue weighted by Crippen LogP contribution is 2.25. The minimum Gasteiger partial charge on any atom is -0.481 e. The Morgan fingerprint density at radius 2 is 1.94 bits per heavy atom. The van der Waals surface area contributed by atoms with Crippen LogP contribution in [0.4, 0.5) is 0 Å². The van der Waals surface area contributed by atoms with E-state index in [4.69, 9.17) is 10.2 Å². The Morgan fingerprint density at radius 3 is 2.44 bits per heavy atom. The largest absolute Gasteiger partial charge is 0.481 e. The fraction of sp³-hybridized carbons (Fsp3) is 0.333. The number of aliphatic hydroxyl groups excluding tert-OH is 1. The molecule has 1 atom stereocenters. The molecule has 1 unspecified atom stereocenters. The highest BCUT2D eigenvalue weighted by molar-refractivity contribution is 9.08. The molecule has 98 valence electrons. The maximum Gasteiger partial charge on any atom is 0.337 e. The second-order valence-electron chi connectivity index (χ2n) is 3.75. The molecule has 1 aromatic carbocycles. The number of aliphatic carboxylic acids is 2. The van der Waals surface area contributed by atoms with Gasteiger partial charge in [0.15, 0.2) is 6.10 Å². The van der Waals surface area contributed by atoms with Gasteiger partial charge in [0, 0.05) is 11.8 Å². The van der Waals surface area contributed by atoms with E-state index in [0.29, 0.717) is 22.9 Å². The highest BCUT2D eigenvalue weighted by Gasteiger charge is 2.20. The van der Waals surface area contributed by atoms with E-state index in [0.717, 1.165) is 5.56 Å². The minimum absolute atomic E-state index is 0.0351. The van der Waals surface area contributed by atoms with E-state index in [1.54, 1.807) is 12.1 Å². The molecule has 0 amide bonds. The van der Waals surface area contributed by atoms with Gasteiger partial charge in [0.1, 0.15) is 0 Å². The molecule has 0 heterocycles. The van der Waals surface area contributed by atoms with Gasteiger partial charge in [-0.25, -0.2) is 4.79 Å². The molecule has 5 nitrogen and oxygen atoms in total. The summed E-state index contributed by atoms with van der Waals surface area (Å²) < 4.78 is 0. The molecule has 0 fully saturated rings. The van der Waals surface area contributed by atoms with Gasteiger partial charge in [-0.15, -0.1) is 0 Å². The van der Waals surface area contributed by atoms with Gasteiger partial charge < -0.3 is 15.3 Å². The van der Waals surface area contributed by atoms with Gasteiger partial charge in [-0.2, -0.15) is 0 Å². The molecule has 0 saturated carbocycles. The van der Waals surface area contributed by atoms with Crippen LogP contribution in [0.25, 0.3) is 0 Å². The third-order valence-corrected chi connectivity index (χ3v) is 3.14. The van der Waals surface area contributed by atoms with Gasteiger partial charge in [-0.3, -0.25) is 4.79 Å². The summed E-state index contributed by atoms with van der Waals surface area (Å²) in [7, 11) is 0. The Balaban J connectivity index is 3.09. The maximum absolute atomic E-state index is 10.8. The lowest BCUT2D eigenvalue weighted by Gasteiger charge is -2.14. The summed E-state index contributed by atoms with van der Waals surface area (Å²) in [5.41, 5.74) is 1.66. The van der Waals surface area contributed by atoms with Crippen LogP contribution in [0.15, 0.2) is 18.2 Å². The normalized spacial score (nSPS) is 12.1. The summed E-state index contributed by atoms with van der Waals surface area (Å²) in [5.74, 6) is -2.24. The van der Waals surface area contributed by atoms with Crippen molar-refractivity contribution in [3.05, 3.63) is 34.9 Å². The van der Waals surface area contributed by atoms with E-state index in [2.05, 4.69) is 15.9 Å². The number of aryl methyl sites for hydroxylation is 1. The molecule has 0 bridgehead atoms. The molecule has 0 aliphatic carbocycles. The first-order valence-corrected chi connectivity index (χ1v) is 6.38. The monoisotopic (exact) mass is 316 g/mol. The lowest BCUT2D eigenvalue weighted by molar-refractivity contribution is -0.147. The van der Waals surface area contributed by atoms with Gasteiger partial charge in [0.2, 0.25) is 0 Å². The molecule has 0 aliphatic rings. The zero-order chi connectivity index (χ0) is 13.7. The average Bonchev–Trinajstić information content (AvgIpc) is 2.34. The molecule has 0 aliphatic heterocycles. The molecule has 6 heteroatoms.